The van der Waals surface area contributed by atoms with Gasteiger partial charge in [-0.3, -0.25) is 0 Å². The van der Waals surface area contributed by atoms with Crippen molar-refractivity contribution in [3.63, 3.8) is 0 Å². The molecule has 0 aromatic heterocycles. The normalized spacial score (nSPS) is 7.79. The van der Waals surface area contributed by atoms with Gasteiger partial charge in [0.15, 0.2) is 0 Å². The van der Waals surface area contributed by atoms with Crippen LogP contribution in [0.3, 0.4) is 0 Å². The maximum atomic E-state index is 10.2. The number of carboxylic acids is 2. The number of phenols is 2. The van der Waals surface area contributed by atoms with Crippen molar-refractivity contribution in [2.24, 2.45) is 0 Å². The van der Waals surface area contributed by atoms with Gasteiger partial charge in [-0.1, -0.05) is 24.3 Å². The number of carbonyl (C=O) groups is 2. The zero-order valence-electron chi connectivity index (χ0n) is 13.0. The Morgan fingerprint density at radius 2 is 0.958 bits per heavy atom. The van der Waals surface area contributed by atoms with Crippen molar-refractivity contribution in [1.29, 1.82) is 0 Å². The Kier molecular flexibility index (Phi) is 15.2. The average Bonchev–Trinajstić information content (AvgIpc) is 2.50. The number of para-hydroxylation sites is 2. The van der Waals surface area contributed by atoms with Crippen LogP contribution in [0.15, 0.2) is 48.5 Å². The van der Waals surface area contributed by atoms with Crippen LogP contribution in [0.4, 0.5) is 0 Å². The van der Waals surface area contributed by atoms with Gasteiger partial charge in [0.1, 0.15) is 11.5 Å². The quantitative estimate of drug-likeness (QED) is 0.568. The summed E-state index contributed by atoms with van der Waals surface area (Å²) in [7, 11) is 0. The van der Waals surface area contributed by atoms with Crippen LogP contribution in [0.1, 0.15) is 20.7 Å². The van der Waals surface area contributed by atoms with Crippen molar-refractivity contribution in [2.75, 3.05) is 0 Å². The summed E-state index contributed by atoms with van der Waals surface area (Å²) in [5.74, 6) is -3.25. The number of carbonyl (C=O) groups excluding carboxylic acids is 2. The topological polar surface area (TPSA) is 211 Å². The van der Waals surface area contributed by atoms with Crippen molar-refractivity contribution in [2.45, 2.75) is 0 Å². The van der Waals surface area contributed by atoms with Crippen LogP contribution in [0, 0.1) is 0 Å². The summed E-state index contributed by atoms with van der Waals surface area (Å²) in [5.41, 5.74) is -0.356. The minimum atomic E-state index is -1.36. The molecule has 0 bridgehead atoms. The molecule has 0 atom stereocenters. The van der Waals surface area contributed by atoms with Gasteiger partial charge >= 0.3 is 21.0 Å². The van der Waals surface area contributed by atoms with Gasteiger partial charge in [-0.15, -0.1) is 0 Å². The summed E-state index contributed by atoms with van der Waals surface area (Å²) >= 11 is 1.06. The van der Waals surface area contributed by atoms with Crippen LogP contribution in [0.2, 0.25) is 0 Å². The predicted octanol–water partition coefficient (Wildman–Crippen LogP) is 0.142. The molecule has 0 spiro atoms. The molecule has 9 nitrogen and oxygen atoms in total. The molecule has 10 heteroatoms. The van der Waals surface area contributed by atoms with Crippen molar-refractivity contribution in [3.8, 4) is 11.5 Å². The Bertz CT molecular complexity index is 597. The molecule has 0 radical (unpaired) electrons. The molecule has 0 saturated carbocycles. The number of quaternary nitrogens is 2. The van der Waals surface area contributed by atoms with Gasteiger partial charge in [0, 0.05) is 11.1 Å². The second kappa shape index (κ2) is 13.9. The number of rotatable bonds is 2. The molecule has 2 aromatic carbocycles. The number of hydrogen-bond acceptors (Lipinski definition) is 7. The third kappa shape index (κ3) is 8.66. The molecule has 0 aliphatic rings. The Morgan fingerprint density at radius 3 is 1.12 bits per heavy atom. The molecule has 0 aliphatic heterocycles. The third-order valence-electron chi connectivity index (χ3n) is 2.25. The Hall–Kier alpha value is -2.72. The van der Waals surface area contributed by atoms with Crippen LogP contribution in [-0.4, -0.2) is 22.2 Å². The van der Waals surface area contributed by atoms with Gasteiger partial charge in [-0.2, -0.15) is 0 Å². The SMILES string of the molecule is O=C([O-])c1ccccc1O.O=C([O-])c1ccccc1O.[NH4+].[NH4+].[O]=[V]. The van der Waals surface area contributed by atoms with Gasteiger partial charge in [0.05, 0.1) is 11.9 Å². The fourth-order valence-electron chi connectivity index (χ4n) is 1.29. The molecule has 10 N–H and O–H groups in total. The molecular weight excluding hydrogens is 359 g/mol. The second-order valence-electron chi connectivity index (χ2n) is 3.61. The second-order valence-corrected chi connectivity index (χ2v) is 3.61. The van der Waals surface area contributed by atoms with E-state index in [0.717, 1.165) is 17.4 Å². The van der Waals surface area contributed by atoms with E-state index in [1.165, 1.54) is 36.4 Å². The monoisotopic (exact) mass is 377 g/mol. The molecule has 24 heavy (non-hydrogen) atoms. The first-order chi connectivity index (χ1) is 10.4. The van der Waals surface area contributed by atoms with E-state index in [1.807, 2.05) is 0 Å². The Labute approximate surface area is 146 Å². The molecule has 0 amide bonds. The van der Waals surface area contributed by atoms with E-state index in [1.54, 1.807) is 12.1 Å². The van der Waals surface area contributed by atoms with Gasteiger partial charge < -0.3 is 42.3 Å². The van der Waals surface area contributed by atoms with E-state index in [4.69, 9.17) is 13.9 Å². The van der Waals surface area contributed by atoms with Crippen molar-refractivity contribution >= 4 is 11.9 Å². The molecule has 2 aromatic rings. The summed E-state index contributed by atoms with van der Waals surface area (Å²) in [4.78, 5) is 20.3. The first-order valence-corrected chi connectivity index (χ1v) is 6.17. The molecule has 0 unspecified atom stereocenters. The predicted molar refractivity (Wildman–Crippen MR) is 77.5 cm³/mol. The molecular formula is C14H18N2O7V. The van der Waals surface area contributed by atoms with Crippen LogP contribution in [0.5, 0.6) is 11.5 Å². The first-order valence-electron chi connectivity index (χ1n) is 5.60. The zero-order valence-corrected chi connectivity index (χ0v) is 14.4. The summed E-state index contributed by atoms with van der Waals surface area (Å²) in [6.45, 7) is 0. The van der Waals surface area contributed by atoms with Crippen molar-refractivity contribution < 1.29 is 51.1 Å². The van der Waals surface area contributed by atoms with Gasteiger partial charge in [0.2, 0.25) is 0 Å². The van der Waals surface area contributed by atoms with E-state index < -0.39 is 11.9 Å². The van der Waals surface area contributed by atoms with E-state index >= 15 is 0 Å². The number of hydrogen-bond donors (Lipinski definition) is 4. The number of benzene rings is 2. The maximum absolute atomic E-state index is 10.2. The molecule has 0 aliphatic carbocycles. The van der Waals surface area contributed by atoms with E-state index in [9.17, 15) is 19.8 Å². The van der Waals surface area contributed by atoms with Gasteiger partial charge in [-0.05, 0) is 24.3 Å². The molecule has 2 rings (SSSR count). The van der Waals surface area contributed by atoms with Crippen molar-refractivity contribution in [3.05, 3.63) is 59.7 Å². The minimum absolute atomic E-state index is 0. The zero-order chi connectivity index (χ0) is 17.1. The third-order valence-corrected chi connectivity index (χ3v) is 2.25. The van der Waals surface area contributed by atoms with E-state index in [-0.39, 0.29) is 34.9 Å². The summed E-state index contributed by atoms with van der Waals surface area (Å²) in [5, 5.41) is 38.0. The number of carboxylic acid groups (broad SMARTS) is 2. The van der Waals surface area contributed by atoms with Crippen LogP contribution < -0.4 is 22.5 Å². The average molecular weight is 377 g/mol. The summed E-state index contributed by atoms with van der Waals surface area (Å²) in [6, 6.07) is 11.3. The van der Waals surface area contributed by atoms with Crippen LogP contribution >= 0.6 is 0 Å². The number of aromatic hydroxyl groups is 2. The van der Waals surface area contributed by atoms with Crippen LogP contribution in [0.25, 0.3) is 0 Å². The fraction of sp³-hybridized carbons (Fsp3) is 0. The van der Waals surface area contributed by atoms with Gasteiger partial charge in [0.25, 0.3) is 0 Å². The molecule has 0 saturated heterocycles. The standard InChI is InChI=1S/2C7H6O3.2H3N.O.V/c2*8-6-4-2-1-3-5(6)7(9)10;;;;/h2*1-4,8H,(H,9,10);2*1H3;;. The fourth-order valence-corrected chi connectivity index (χ4v) is 1.29. The van der Waals surface area contributed by atoms with Gasteiger partial charge in [-0.25, -0.2) is 0 Å². The summed E-state index contributed by atoms with van der Waals surface area (Å²) < 4.78 is 8.19. The number of aromatic carboxylic acids is 2. The van der Waals surface area contributed by atoms with E-state index in [2.05, 4.69) is 0 Å². The Morgan fingerprint density at radius 1 is 0.708 bits per heavy atom. The molecule has 0 fully saturated rings. The molecule has 0 heterocycles. The molecule has 131 valence electrons. The first kappa shape index (κ1) is 26.2. The van der Waals surface area contributed by atoms with Crippen molar-refractivity contribution in [1.82, 2.24) is 12.3 Å². The van der Waals surface area contributed by atoms with E-state index in [0.29, 0.717) is 0 Å². The Balaban J connectivity index is -0.000000310. The summed E-state index contributed by atoms with van der Waals surface area (Å²) in [6.07, 6.45) is 0. The van der Waals surface area contributed by atoms with Crippen LogP contribution in [-0.2, 0) is 21.0 Å².